The predicted octanol–water partition coefficient (Wildman–Crippen LogP) is 3.81. The van der Waals surface area contributed by atoms with Crippen molar-refractivity contribution in [1.29, 1.82) is 0 Å². The summed E-state index contributed by atoms with van der Waals surface area (Å²) in [4.78, 5) is 24.0. The number of benzene rings is 2. The van der Waals surface area contributed by atoms with Crippen molar-refractivity contribution in [2.45, 2.75) is 19.9 Å². The summed E-state index contributed by atoms with van der Waals surface area (Å²) in [5.74, 6) is -0.639. The fourth-order valence-corrected chi connectivity index (χ4v) is 2.16. The zero-order chi connectivity index (χ0) is 17.5. The molecule has 0 bridgehead atoms. The van der Waals surface area contributed by atoms with Gasteiger partial charge in [0.05, 0.1) is 0 Å². The first-order chi connectivity index (χ1) is 11.5. The summed E-state index contributed by atoms with van der Waals surface area (Å²) in [6.45, 7) is 3.51. The van der Waals surface area contributed by atoms with E-state index in [1.54, 1.807) is 25.1 Å². The van der Waals surface area contributed by atoms with Crippen LogP contribution in [0.15, 0.2) is 54.6 Å². The Balaban J connectivity index is 1.89. The Morgan fingerprint density at radius 3 is 2.50 bits per heavy atom. The van der Waals surface area contributed by atoms with Crippen LogP contribution >= 0.6 is 11.6 Å². The highest BCUT2D eigenvalue weighted by Gasteiger charge is 2.14. The van der Waals surface area contributed by atoms with Crippen LogP contribution in [0.4, 0.5) is 5.69 Å². The van der Waals surface area contributed by atoms with Crippen molar-refractivity contribution in [3.8, 4) is 0 Å². The first-order valence-electron chi connectivity index (χ1n) is 7.56. The van der Waals surface area contributed by atoms with Gasteiger partial charge in [0.1, 0.15) is 6.04 Å². The first kappa shape index (κ1) is 17.8. The minimum atomic E-state index is -0.669. The van der Waals surface area contributed by atoms with Gasteiger partial charge in [-0.15, -0.1) is 0 Å². The first-order valence-corrected chi connectivity index (χ1v) is 7.94. The van der Waals surface area contributed by atoms with E-state index in [4.69, 9.17) is 11.6 Å². The Kier molecular flexibility index (Phi) is 6.15. The predicted molar refractivity (Wildman–Crippen MR) is 97.9 cm³/mol. The summed E-state index contributed by atoms with van der Waals surface area (Å²) < 4.78 is 0. The van der Waals surface area contributed by atoms with E-state index in [0.717, 1.165) is 11.1 Å². The van der Waals surface area contributed by atoms with Crippen molar-refractivity contribution in [2.24, 2.45) is 0 Å². The van der Waals surface area contributed by atoms with Crippen LogP contribution in [0.5, 0.6) is 0 Å². The molecule has 24 heavy (non-hydrogen) atoms. The molecule has 0 aliphatic carbocycles. The number of anilines is 1. The SMILES string of the molecule is Cc1ccc(NC(=O)[C@H](C)NC(=O)/C=C/c2ccccc2)cc1Cl. The fourth-order valence-electron chi connectivity index (χ4n) is 1.98. The van der Waals surface area contributed by atoms with E-state index < -0.39 is 6.04 Å². The van der Waals surface area contributed by atoms with Gasteiger partial charge in [-0.25, -0.2) is 0 Å². The molecule has 0 aliphatic heterocycles. The van der Waals surface area contributed by atoms with E-state index in [0.29, 0.717) is 10.7 Å². The third-order valence-corrected chi connectivity index (χ3v) is 3.83. The normalized spacial score (nSPS) is 12.0. The molecule has 2 rings (SSSR count). The fraction of sp³-hybridized carbons (Fsp3) is 0.158. The average Bonchev–Trinajstić information content (AvgIpc) is 2.57. The maximum absolute atomic E-state index is 12.1. The van der Waals surface area contributed by atoms with Crippen LogP contribution in [-0.4, -0.2) is 17.9 Å². The molecule has 0 radical (unpaired) electrons. The maximum atomic E-state index is 12.1. The van der Waals surface area contributed by atoms with Gasteiger partial charge in [-0.2, -0.15) is 0 Å². The summed E-state index contributed by atoms with van der Waals surface area (Å²) in [7, 11) is 0. The Bertz CT molecular complexity index is 757. The van der Waals surface area contributed by atoms with Crippen LogP contribution in [0, 0.1) is 6.92 Å². The topological polar surface area (TPSA) is 58.2 Å². The summed E-state index contributed by atoms with van der Waals surface area (Å²) in [6.07, 6.45) is 3.10. The number of amides is 2. The van der Waals surface area contributed by atoms with Gasteiger partial charge in [0.2, 0.25) is 11.8 Å². The van der Waals surface area contributed by atoms with E-state index in [9.17, 15) is 9.59 Å². The van der Waals surface area contributed by atoms with Gasteiger partial charge in [0.25, 0.3) is 0 Å². The second kappa shape index (κ2) is 8.31. The lowest BCUT2D eigenvalue weighted by atomic mass is 10.2. The highest BCUT2D eigenvalue weighted by atomic mass is 35.5. The molecule has 0 fully saturated rings. The summed E-state index contributed by atoms with van der Waals surface area (Å²) in [5.41, 5.74) is 2.44. The van der Waals surface area contributed by atoms with Crippen LogP contribution in [0.2, 0.25) is 5.02 Å². The monoisotopic (exact) mass is 342 g/mol. The standard InChI is InChI=1S/C19H19ClN2O2/c1-13-8-10-16(12-17(13)20)22-19(24)14(2)21-18(23)11-9-15-6-4-3-5-7-15/h3-12,14H,1-2H3,(H,21,23)(H,22,24)/b11-9+/t14-/m0/s1. The molecule has 4 nitrogen and oxygen atoms in total. The number of hydrogen-bond acceptors (Lipinski definition) is 2. The largest absolute Gasteiger partial charge is 0.341 e. The second-order valence-electron chi connectivity index (χ2n) is 5.43. The van der Waals surface area contributed by atoms with Gasteiger partial charge in [-0.3, -0.25) is 9.59 Å². The molecule has 2 aromatic carbocycles. The molecule has 0 saturated heterocycles. The molecule has 0 unspecified atom stereocenters. The lowest BCUT2D eigenvalue weighted by Crippen LogP contribution is -2.40. The van der Waals surface area contributed by atoms with Crippen molar-refractivity contribution in [3.63, 3.8) is 0 Å². The number of rotatable bonds is 5. The summed E-state index contributed by atoms with van der Waals surface area (Å²) in [6, 6.07) is 14.1. The number of carbonyl (C=O) groups is 2. The Labute approximate surface area is 146 Å². The second-order valence-corrected chi connectivity index (χ2v) is 5.83. The average molecular weight is 343 g/mol. The third kappa shape index (κ3) is 5.25. The maximum Gasteiger partial charge on any atom is 0.246 e. The smallest absolute Gasteiger partial charge is 0.246 e. The van der Waals surface area contributed by atoms with E-state index >= 15 is 0 Å². The summed E-state index contributed by atoms with van der Waals surface area (Å²) >= 11 is 6.03. The highest BCUT2D eigenvalue weighted by molar-refractivity contribution is 6.31. The van der Waals surface area contributed by atoms with Crippen LogP contribution < -0.4 is 10.6 Å². The lowest BCUT2D eigenvalue weighted by Gasteiger charge is -2.13. The van der Waals surface area contributed by atoms with Gasteiger partial charge in [-0.1, -0.05) is 48.0 Å². The number of nitrogens with one attached hydrogen (secondary N) is 2. The van der Waals surface area contributed by atoms with Crippen LogP contribution in [0.3, 0.4) is 0 Å². The highest BCUT2D eigenvalue weighted by Crippen LogP contribution is 2.20. The Morgan fingerprint density at radius 2 is 1.83 bits per heavy atom. The number of carbonyl (C=O) groups excluding carboxylic acids is 2. The molecule has 124 valence electrons. The number of hydrogen-bond donors (Lipinski definition) is 2. The van der Waals surface area contributed by atoms with Gasteiger partial charge in [0.15, 0.2) is 0 Å². The van der Waals surface area contributed by atoms with Gasteiger partial charge < -0.3 is 10.6 Å². The molecule has 0 heterocycles. The van der Waals surface area contributed by atoms with E-state index in [2.05, 4.69) is 10.6 Å². The summed E-state index contributed by atoms with van der Waals surface area (Å²) in [5, 5.41) is 5.93. The molecule has 0 saturated carbocycles. The Morgan fingerprint density at radius 1 is 1.12 bits per heavy atom. The van der Waals surface area contributed by atoms with Gasteiger partial charge in [0, 0.05) is 16.8 Å². The van der Waals surface area contributed by atoms with E-state index in [1.165, 1.54) is 6.08 Å². The molecule has 2 N–H and O–H groups in total. The molecule has 2 amide bonds. The van der Waals surface area contributed by atoms with Crippen molar-refractivity contribution in [1.82, 2.24) is 5.32 Å². The molecule has 5 heteroatoms. The third-order valence-electron chi connectivity index (χ3n) is 3.42. The van der Waals surface area contributed by atoms with Crippen LogP contribution in [0.25, 0.3) is 6.08 Å². The minimum absolute atomic E-state index is 0.309. The Hall–Kier alpha value is -2.59. The van der Waals surface area contributed by atoms with Crippen molar-refractivity contribution in [3.05, 3.63) is 70.8 Å². The molecule has 1 atom stereocenters. The van der Waals surface area contributed by atoms with Crippen molar-refractivity contribution >= 4 is 35.2 Å². The number of aryl methyl sites for hydroxylation is 1. The molecule has 0 aromatic heterocycles. The van der Waals surface area contributed by atoms with Crippen molar-refractivity contribution in [2.75, 3.05) is 5.32 Å². The zero-order valence-corrected chi connectivity index (χ0v) is 14.3. The van der Waals surface area contributed by atoms with E-state index in [-0.39, 0.29) is 11.8 Å². The van der Waals surface area contributed by atoms with Crippen LogP contribution in [-0.2, 0) is 9.59 Å². The molecule has 2 aromatic rings. The van der Waals surface area contributed by atoms with Crippen LogP contribution in [0.1, 0.15) is 18.1 Å². The zero-order valence-electron chi connectivity index (χ0n) is 13.5. The number of halogens is 1. The minimum Gasteiger partial charge on any atom is -0.341 e. The molecular weight excluding hydrogens is 324 g/mol. The van der Waals surface area contributed by atoms with Gasteiger partial charge in [-0.05, 0) is 43.2 Å². The quantitative estimate of drug-likeness (QED) is 0.812. The molecule has 0 spiro atoms. The lowest BCUT2D eigenvalue weighted by molar-refractivity contribution is -0.123. The van der Waals surface area contributed by atoms with Gasteiger partial charge >= 0.3 is 0 Å². The van der Waals surface area contributed by atoms with E-state index in [1.807, 2.05) is 43.3 Å². The molecule has 0 aliphatic rings. The van der Waals surface area contributed by atoms with Crippen molar-refractivity contribution < 1.29 is 9.59 Å². The molecular formula is C19H19ClN2O2.